The molecule has 0 fully saturated rings. The predicted octanol–water partition coefficient (Wildman–Crippen LogP) is 3.76. The van der Waals surface area contributed by atoms with Crippen LogP contribution >= 0.6 is 27.5 Å². The Kier molecular flexibility index (Phi) is 4.39. The van der Waals surface area contributed by atoms with Gasteiger partial charge in [0.05, 0.1) is 17.8 Å². The summed E-state index contributed by atoms with van der Waals surface area (Å²) in [5, 5.41) is 3.18. The zero-order valence-corrected chi connectivity index (χ0v) is 12.3. The molecule has 1 amide bonds. The summed E-state index contributed by atoms with van der Waals surface area (Å²) < 4.78 is 5.68. The number of nitrogens with one attached hydrogen (secondary N) is 1. The lowest BCUT2D eigenvalue weighted by Crippen LogP contribution is -2.12. The third-order valence-corrected chi connectivity index (χ3v) is 3.17. The number of carbonyl (C=O) groups is 1. The van der Waals surface area contributed by atoms with E-state index < -0.39 is 0 Å². The topological polar surface area (TPSA) is 51.2 Å². The van der Waals surface area contributed by atoms with Gasteiger partial charge in [-0.3, -0.25) is 4.79 Å². The van der Waals surface area contributed by atoms with Gasteiger partial charge < -0.3 is 10.1 Å². The van der Waals surface area contributed by atoms with Crippen LogP contribution in [0.25, 0.3) is 0 Å². The van der Waals surface area contributed by atoms with Crippen molar-refractivity contribution in [2.45, 2.75) is 0 Å². The van der Waals surface area contributed by atoms with Crippen molar-refractivity contribution in [3.8, 4) is 5.75 Å². The van der Waals surface area contributed by atoms with E-state index in [-0.39, 0.29) is 5.91 Å². The normalized spacial score (nSPS) is 10.1. The summed E-state index contributed by atoms with van der Waals surface area (Å²) in [6.45, 7) is 0. The molecule has 98 valence electrons. The fourth-order valence-corrected chi connectivity index (χ4v) is 1.99. The molecule has 4 nitrogen and oxygen atoms in total. The van der Waals surface area contributed by atoms with Crippen molar-refractivity contribution in [1.29, 1.82) is 0 Å². The number of benzene rings is 1. The van der Waals surface area contributed by atoms with Gasteiger partial charge in [-0.2, -0.15) is 0 Å². The number of carbonyl (C=O) groups excluding carboxylic acids is 1. The fraction of sp³-hybridized carbons (Fsp3) is 0.0769. The highest BCUT2D eigenvalue weighted by Gasteiger charge is 2.10. The zero-order chi connectivity index (χ0) is 13.8. The SMILES string of the molecule is COc1ccc(Cl)c(NC(=O)c2ccnc(Br)c2)c1. The molecule has 2 rings (SSSR count). The molecule has 2 aromatic rings. The molecule has 0 bridgehead atoms. The Labute approximate surface area is 123 Å². The molecule has 0 aliphatic heterocycles. The highest BCUT2D eigenvalue weighted by Crippen LogP contribution is 2.27. The van der Waals surface area contributed by atoms with E-state index in [0.29, 0.717) is 26.6 Å². The van der Waals surface area contributed by atoms with E-state index in [9.17, 15) is 4.79 Å². The first-order chi connectivity index (χ1) is 9.10. The number of hydrogen-bond donors (Lipinski definition) is 1. The van der Waals surface area contributed by atoms with Crippen LogP contribution in [0.5, 0.6) is 5.75 Å². The minimum absolute atomic E-state index is 0.266. The second-order valence-corrected chi connectivity index (χ2v) is 4.89. The Morgan fingerprint density at radius 1 is 1.37 bits per heavy atom. The Morgan fingerprint density at radius 3 is 2.84 bits per heavy atom. The van der Waals surface area contributed by atoms with Gasteiger partial charge in [-0.1, -0.05) is 11.6 Å². The number of ether oxygens (including phenoxy) is 1. The summed E-state index contributed by atoms with van der Waals surface area (Å²) in [6, 6.07) is 8.30. The fourth-order valence-electron chi connectivity index (χ4n) is 1.47. The van der Waals surface area contributed by atoms with Gasteiger partial charge in [0.2, 0.25) is 0 Å². The molecule has 0 radical (unpaired) electrons. The quantitative estimate of drug-likeness (QED) is 0.865. The van der Waals surface area contributed by atoms with Crippen molar-refractivity contribution >= 4 is 39.1 Å². The number of pyridine rings is 1. The number of rotatable bonds is 3. The first-order valence-corrected chi connectivity index (χ1v) is 6.53. The van der Waals surface area contributed by atoms with E-state index in [4.69, 9.17) is 16.3 Å². The van der Waals surface area contributed by atoms with Crippen molar-refractivity contribution in [1.82, 2.24) is 4.98 Å². The van der Waals surface area contributed by atoms with Gasteiger partial charge in [-0.15, -0.1) is 0 Å². The van der Waals surface area contributed by atoms with Crippen LogP contribution in [0.3, 0.4) is 0 Å². The highest BCUT2D eigenvalue weighted by molar-refractivity contribution is 9.10. The molecule has 0 saturated heterocycles. The second kappa shape index (κ2) is 6.04. The third-order valence-electron chi connectivity index (χ3n) is 2.41. The molecule has 19 heavy (non-hydrogen) atoms. The lowest BCUT2D eigenvalue weighted by molar-refractivity contribution is 0.102. The number of hydrogen-bond acceptors (Lipinski definition) is 3. The average Bonchev–Trinajstić information content (AvgIpc) is 2.41. The molecule has 0 unspecified atom stereocenters. The monoisotopic (exact) mass is 340 g/mol. The first kappa shape index (κ1) is 13.8. The van der Waals surface area contributed by atoms with Crippen LogP contribution in [0.15, 0.2) is 41.1 Å². The van der Waals surface area contributed by atoms with E-state index in [0.717, 1.165) is 0 Å². The summed E-state index contributed by atoms with van der Waals surface area (Å²) in [6.07, 6.45) is 1.55. The molecular weight excluding hydrogens is 332 g/mol. The molecule has 1 heterocycles. The van der Waals surface area contributed by atoms with Crippen LogP contribution in [0.4, 0.5) is 5.69 Å². The molecule has 0 saturated carbocycles. The second-order valence-electron chi connectivity index (χ2n) is 3.67. The van der Waals surface area contributed by atoms with Crippen molar-refractivity contribution in [2.75, 3.05) is 12.4 Å². The number of amides is 1. The molecule has 0 aliphatic carbocycles. The summed E-state index contributed by atoms with van der Waals surface area (Å²) in [4.78, 5) is 16.0. The van der Waals surface area contributed by atoms with Crippen molar-refractivity contribution in [3.63, 3.8) is 0 Å². The molecule has 1 N–H and O–H groups in total. The van der Waals surface area contributed by atoms with Crippen LogP contribution in [-0.4, -0.2) is 18.0 Å². The average molecular weight is 342 g/mol. The van der Waals surface area contributed by atoms with Gasteiger partial charge in [0.25, 0.3) is 5.91 Å². The lowest BCUT2D eigenvalue weighted by atomic mass is 10.2. The molecule has 1 aromatic heterocycles. The van der Waals surface area contributed by atoms with Gasteiger partial charge in [-0.05, 0) is 40.2 Å². The van der Waals surface area contributed by atoms with Crippen LogP contribution in [0.1, 0.15) is 10.4 Å². The van der Waals surface area contributed by atoms with E-state index in [1.165, 1.54) is 0 Å². The van der Waals surface area contributed by atoms with E-state index in [1.807, 2.05) is 0 Å². The number of aromatic nitrogens is 1. The van der Waals surface area contributed by atoms with Gasteiger partial charge in [0.1, 0.15) is 10.4 Å². The Hall–Kier alpha value is -1.59. The largest absolute Gasteiger partial charge is 0.497 e. The lowest BCUT2D eigenvalue weighted by Gasteiger charge is -2.09. The van der Waals surface area contributed by atoms with Crippen molar-refractivity contribution in [3.05, 3.63) is 51.7 Å². The van der Waals surface area contributed by atoms with Crippen molar-refractivity contribution < 1.29 is 9.53 Å². The van der Waals surface area contributed by atoms with E-state index >= 15 is 0 Å². The Bertz CT molecular complexity index is 619. The summed E-state index contributed by atoms with van der Waals surface area (Å²) >= 11 is 9.24. The standard InChI is InChI=1S/C13H10BrClN2O2/c1-19-9-2-3-10(15)11(7-9)17-13(18)8-4-5-16-12(14)6-8/h2-7H,1H3,(H,17,18). The molecule has 6 heteroatoms. The number of anilines is 1. The maximum Gasteiger partial charge on any atom is 0.255 e. The minimum atomic E-state index is -0.266. The summed E-state index contributed by atoms with van der Waals surface area (Å²) in [7, 11) is 1.55. The van der Waals surface area contributed by atoms with Crippen LogP contribution in [0, 0.1) is 0 Å². The number of halogens is 2. The summed E-state index contributed by atoms with van der Waals surface area (Å²) in [5.41, 5.74) is 0.986. The van der Waals surface area contributed by atoms with Crippen LogP contribution < -0.4 is 10.1 Å². The number of methoxy groups -OCH3 is 1. The molecule has 0 atom stereocenters. The highest BCUT2D eigenvalue weighted by atomic mass is 79.9. The number of nitrogens with zero attached hydrogens (tertiary/aromatic N) is 1. The molecular formula is C13H10BrClN2O2. The van der Waals surface area contributed by atoms with Gasteiger partial charge in [0.15, 0.2) is 0 Å². The smallest absolute Gasteiger partial charge is 0.255 e. The maximum atomic E-state index is 12.1. The van der Waals surface area contributed by atoms with Gasteiger partial charge in [-0.25, -0.2) is 4.98 Å². The van der Waals surface area contributed by atoms with Crippen LogP contribution in [0.2, 0.25) is 5.02 Å². The zero-order valence-electron chi connectivity index (χ0n) is 9.98. The van der Waals surface area contributed by atoms with E-state index in [2.05, 4.69) is 26.2 Å². The van der Waals surface area contributed by atoms with Gasteiger partial charge in [0, 0.05) is 17.8 Å². The van der Waals surface area contributed by atoms with Crippen molar-refractivity contribution in [2.24, 2.45) is 0 Å². The van der Waals surface area contributed by atoms with Gasteiger partial charge >= 0.3 is 0 Å². The van der Waals surface area contributed by atoms with E-state index in [1.54, 1.807) is 43.6 Å². The molecule has 1 aromatic carbocycles. The minimum Gasteiger partial charge on any atom is -0.497 e. The van der Waals surface area contributed by atoms with Crippen LogP contribution in [-0.2, 0) is 0 Å². The molecule has 0 aliphatic rings. The predicted molar refractivity (Wildman–Crippen MR) is 77.9 cm³/mol. The molecule has 0 spiro atoms. The Balaban J connectivity index is 2.23. The summed E-state index contributed by atoms with van der Waals surface area (Å²) in [5.74, 6) is 0.355. The third kappa shape index (κ3) is 3.45. The maximum absolute atomic E-state index is 12.1. The first-order valence-electron chi connectivity index (χ1n) is 5.36. The Morgan fingerprint density at radius 2 is 2.16 bits per heavy atom.